The van der Waals surface area contributed by atoms with Gasteiger partial charge < -0.3 is 20.1 Å². The van der Waals surface area contributed by atoms with E-state index in [1.807, 2.05) is 0 Å². The number of sulfonamides is 1. The maximum Gasteiger partial charge on any atom is 0.309 e. The number of nitrogens with one attached hydrogen (secondary N) is 2. The van der Waals surface area contributed by atoms with Crippen LogP contribution < -0.4 is 15.4 Å². The molecule has 31 heavy (non-hydrogen) atoms. The maximum absolute atomic E-state index is 13.1. The van der Waals surface area contributed by atoms with Crippen molar-refractivity contribution in [3.8, 4) is 5.75 Å². The fourth-order valence-electron chi connectivity index (χ4n) is 3.92. The Morgan fingerprint density at radius 3 is 2.39 bits per heavy atom. The highest BCUT2D eigenvalue weighted by Crippen LogP contribution is 2.24. The number of carbonyl (C=O) groups is 2. The van der Waals surface area contributed by atoms with Gasteiger partial charge in [-0.3, -0.25) is 9.59 Å². The van der Waals surface area contributed by atoms with E-state index in [-0.39, 0.29) is 24.0 Å². The Kier molecular flexibility index (Phi) is 8.28. The van der Waals surface area contributed by atoms with E-state index in [9.17, 15) is 18.0 Å². The van der Waals surface area contributed by atoms with Gasteiger partial charge in [-0.25, -0.2) is 8.42 Å². The van der Waals surface area contributed by atoms with E-state index < -0.39 is 28.1 Å². The summed E-state index contributed by atoms with van der Waals surface area (Å²) in [5.74, 6) is -0.912. The Bertz CT molecular complexity index is 850. The fraction of sp³-hybridized carbons (Fsp3) is 0.619. The van der Waals surface area contributed by atoms with Gasteiger partial charge in [0.05, 0.1) is 25.2 Å². The molecule has 2 aliphatic rings. The van der Waals surface area contributed by atoms with Crippen LogP contribution in [0, 0.1) is 0 Å². The number of hydrogen-bond acceptors (Lipinski definition) is 6. The molecule has 3 rings (SSSR count). The maximum atomic E-state index is 13.1. The van der Waals surface area contributed by atoms with Crippen LogP contribution in [0.1, 0.15) is 44.9 Å². The average molecular weight is 454 g/mol. The van der Waals surface area contributed by atoms with Gasteiger partial charge in [-0.2, -0.15) is 4.31 Å². The summed E-state index contributed by atoms with van der Waals surface area (Å²) in [7, 11) is -2.32. The van der Waals surface area contributed by atoms with Gasteiger partial charge >= 0.3 is 11.8 Å². The lowest BCUT2D eigenvalue weighted by atomic mass is 10.1. The van der Waals surface area contributed by atoms with Crippen LogP contribution in [0.2, 0.25) is 0 Å². The molecule has 0 bridgehead atoms. The molecule has 0 spiro atoms. The molecule has 1 atom stereocenters. The largest absolute Gasteiger partial charge is 0.497 e. The molecule has 10 heteroatoms. The minimum absolute atomic E-state index is 0.0126. The summed E-state index contributed by atoms with van der Waals surface area (Å²) in [4.78, 5) is 24.6. The third-order valence-electron chi connectivity index (χ3n) is 5.65. The first-order valence-electron chi connectivity index (χ1n) is 10.8. The molecule has 172 valence electrons. The second kappa shape index (κ2) is 10.9. The summed E-state index contributed by atoms with van der Waals surface area (Å²) < 4.78 is 38.1. The molecule has 0 aromatic heterocycles. The Labute approximate surface area is 183 Å². The third-order valence-corrected chi connectivity index (χ3v) is 7.56. The van der Waals surface area contributed by atoms with E-state index in [2.05, 4.69) is 10.6 Å². The van der Waals surface area contributed by atoms with E-state index in [4.69, 9.17) is 9.47 Å². The van der Waals surface area contributed by atoms with Crippen LogP contribution in [-0.4, -0.2) is 63.6 Å². The molecule has 1 heterocycles. The van der Waals surface area contributed by atoms with Gasteiger partial charge in [0.1, 0.15) is 12.0 Å². The monoisotopic (exact) mass is 453 g/mol. The second-order valence-electron chi connectivity index (χ2n) is 7.84. The van der Waals surface area contributed by atoms with Gasteiger partial charge in [0.25, 0.3) is 0 Å². The third kappa shape index (κ3) is 6.18. The van der Waals surface area contributed by atoms with Crippen molar-refractivity contribution in [2.45, 2.75) is 62.1 Å². The molecule has 0 unspecified atom stereocenters. The summed E-state index contributed by atoms with van der Waals surface area (Å²) >= 11 is 0. The molecule has 1 aliphatic carbocycles. The molecule has 1 saturated heterocycles. The number of methoxy groups -OCH3 is 1. The zero-order chi connectivity index (χ0) is 22.3. The van der Waals surface area contributed by atoms with Crippen LogP contribution in [0.3, 0.4) is 0 Å². The zero-order valence-electron chi connectivity index (χ0n) is 17.8. The minimum atomic E-state index is -3.83. The number of amides is 2. The van der Waals surface area contributed by atoms with Crippen LogP contribution in [0.4, 0.5) is 0 Å². The fourth-order valence-corrected chi connectivity index (χ4v) is 5.49. The van der Waals surface area contributed by atoms with Crippen molar-refractivity contribution >= 4 is 21.8 Å². The van der Waals surface area contributed by atoms with Crippen LogP contribution in [-0.2, 0) is 24.3 Å². The van der Waals surface area contributed by atoms with Crippen molar-refractivity contribution in [2.24, 2.45) is 0 Å². The van der Waals surface area contributed by atoms with Gasteiger partial charge in [-0.15, -0.1) is 0 Å². The van der Waals surface area contributed by atoms with Crippen LogP contribution in [0.25, 0.3) is 0 Å². The van der Waals surface area contributed by atoms with E-state index in [0.717, 1.165) is 38.5 Å². The molecule has 1 aromatic rings. The first kappa shape index (κ1) is 23.5. The number of benzene rings is 1. The average Bonchev–Trinajstić information content (AvgIpc) is 3.06. The predicted octanol–water partition coefficient (Wildman–Crippen LogP) is 1.39. The standard InChI is InChI=1S/C21H31N3O6S/c1-29-17-9-11-18(12-10-17)31(27,28)24-13-6-14-30-19(24)15-22-20(25)21(26)23-16-7-4-2-3-5-8-16/h9-12,16,19H,2-8,13-15H2,1H3,(H,22,25)(H,23,26)/t19-/m1/s1. The highest BCUT2D eigenvalue weighted by molar-refractivity contribution is 7.89. The van der Waals surface area contributed by atoms with Crippen molar-refractivity contribution in [1.82, 2.24) is 14.9 Å². The number of ether oxygens (including phenoxy) is 2. The molecular weight excluding hydrogens is 422 g/mol. The van der Waals surface area contributed by atoms with Gasteiger partial charge in [0.15, 0.2) is 0 Å². The first-order valence-corrected chi connectivity index (χ1v) is 12.2. The topological polar surface area (TPSA) is 114 Å². The quantitative estimate of drug-likeness (QED) is 0.497. The van der Waals surface area contributed by atoms with Gasteiger partial charge in [0, 0.05) is 12.6 Å². The normalized spacial score (nSPS) is 21.1. The summed E-state index contributed by atoms with van der Waals surface area (Å²) in [6.07, 6.45) is 5.79. The van der Waals surface area contributed by atoms with Crippen molar-refractivity contribution < 1.29 is 27.5 Å². The highest BCUT2D eigenvalue weighted by Gasteiger charge is 2.35. The summed E-state index contributed by atoms with van der Waals surface area (Å²) in [5.41, 5.74) is 0. The van der Waals surface area contributed by atoms with Crippen LogP contribution in [0.15, 0.2) is 29.2 Å². The summed E-state index contributed by atoms with van der Waals surface area (Å²) in [6.45, 7) is 0.541. The van der Waals surface area contributed by atoms with Gasteiger partial charge in [-0.05, 0) is 43.5 Å². The first-order chi connectivity index (χ1) is 14.9. The summed E-state index contributed by atoms with van der Waals surface area (Å²) in [6, 6.07) is 6.11. The van der Waals surface area contributed by atoms with E-state index in [1.54, 1.807) is 12.1 Å². The molecule has 2 N–H and O–H groups in total. The molecule has 9 nitrogen and oxygen atoms in total. The molecule has 2 fully saturated rings. The lowest BCUT2D eigenvalue weighted by molar-refractivity contribution is -0.140. The van der Waals surface area contributed by atoms with E-state index in [1.165, 1.54) is 23.5 Å². The van der Waals surface area contributed by atoms with Crippen LogP contribution in [0.5, 0.6) is 5.75 Å². The van der Waals surface area contributed by atoms with E-state index >= 15 is 0 Å². The highest BCUT2D eigenvalue weighted by atomic mass is 32.2. The molecule has 2 amide bonds. The lowest BCUT2D eigenvalue weighted by Crippen LogP contribution is -2.53. The lowest BCUT2D eigenvalue weighted by Gasteiger charge is -2.34. The predicted molar refractivity (Wildman–Crippen MR) is 114 cm³/mol. The van der Waals surface area contributed by atoms with Crippen molar-refractivity contribution in [1.29, 1.82) is 0 Å². The Hall–Kier alpha value is -2.17. The smallest absolute Gasteiger partial charge is 0.309 e. The molecule has 0 radical (unpaired) electrons. The number of carbonyl (C=O) groups excluding carboxylic acids is 2. The van der Waals surface area contributed by atoms with E-state index in [0.29, 0.717) is 18.8 Å². The zero-order valence-corrected chi connectivity index (χ0v) is 18.7. The minimum Gasteiger partial charge on any atom is -0.497 e. The second-order valence-corrected chi connectivity index (χ2v) is 9.73. The Morgan fingerprint density at radius 2 is 1.74 bits per heavy atom. The Morgan fingerprint density at radius 1 is 1.06 bits per heavy atom. The van der Waals surface area contributed by atoms with Crippen molar-refractivity contribution in [3.63, 3.8) is 0 Å². The molecule has 1 aliphatic heterocycles. The number of rotatable bonds is 6. The molecule has 1 saturated carbocycles. The SMILES string of the molecule is COc1ccc(S(=O)(=O)N2CCCO[C@@H]2CNC(=O)C(=O)NC2CCCCCC2)cc1. The Balaban J connectivity index is 1.59. The molecule has 1 aromatic carbocycles. The number of hydrogen-bond donors (Lipinski definition) is 2. The van der Waals surface area contributed by atoms with Crippen LogP contribution >= 0.6 is 0 Å². The van der Waals surface area contributed by atoms with Gasteiger partial charge in [-0.1, -0.05) is 25.7 Å². The summed E-state index contributed by atoms with van der Waals surface area (Å²) in [5, 5.41) is 5.32. The van der Waals surface area contributed by atoms with Gasteiger partial charge in [0.2, 0.25) is 10.0 Å². The van der Waals surface area contributed by atoms with Crippen molar-refractivity contribution in [2.75, 3.05) is 26.8 Å². The molecular formula is C21H31N3O6S. The number of nitrogens with zero attached hydrogens (tertiary/aromatic N) is 1. The van der Waals surface area contributed by atoms with Crippen molar-refractivity contribution in [3.05, 3.63) is 24.3 Å².